The lowest BCUT2D eigenvalue weighted by Gasteiger charge is -2.30. The van der Waals surface area contributed by atoms with Crippen molar-refractivity contribution in [1.82, 2.24) is 9.36 Å². The van der Waals surface area contributed by atoms with Crippen LogP contribution in [-0.2, 0) is 0 Å². The van der Waals surface area contributed by atoms with E-state index in [1.807, 2.05) is 0 Å². The van der Waals surface area contributed by atoms with Crippen LogP contribution in [0.15, 0.2) is 0 Å². The largest absolute Gasteiger partial charge is 0.347 e. The Morgan fingerprint density at radius 1 is 1.25 bits per heavy atom. The quantitative estimate of drug-likeness (QED) is 0.780. The van der Waals surface area contributed by atoms with E-state index in [1.54, 1.807) is 11.5 Å². The maximum absolute atomic E-state index is 5.88. The van der Waals surface area contributed by atoms with Gasteiger partial charge in [0.15, 0.2) is 0 Å². The highest BCUT2D eigenvalue weighted by Crippen LogP contribution is 2.40. The summed E-state index contributed by atoms with van der Waals surface area (Å²) in [7, 11) is 0. The van der Waals surface area contributed by atoms with Crippen molar-refractivity contribution >= 4 is 28.3 Å². The first-order chi connectivity index (χ1) is 7.86. The van der Waals surface area contributed by atoms with Gasteiger partial charge in [0.1, 0.15) is 5.82 Å². The number of anilines is 1. The monoisotopic (exact) mass is 257 g/mol. The number of hydrogen-bond acceptors (Lipinski definition) is 4. The van der Waals surface area contributed by atoms with Crippen molar-refractivity contribution in [3.05, 3.63) is 5.82 Å². The summed E-state index contributed by atoms with van der Waals surface area (Å²) in [5.41, 5.74) is 0. The molecule has 0 bridgehead atoms. The van der Waals surface area contributed by atoms with Gasteiger partial charge in [-0.2, -0.15) is 4.37 Å². The Kier molecular flexibility index (Phi) is 3.03. The van der Waals surface area contributed by atoms with Crippen molar-refractivity contribution in [2.75, 3.05) is 23.9 Å². The Labute approximate surface area is 105 Å². The molecule has 1 aliphatic heterocycles. The molecule has 1 saturated heterocycles. The van der Waals surface area contributed by atoms with Crippen LogP contribution in [0.4, 0.5) is 5.13 Å². The van der Waals surface area contributed by atoms with Gasteiger partial charge in [-0.3, -0.25) is 0 Å². The van der Waals surface area contributed by atoms with Gasteiger partial charge in [0.2, 0.25) is 5.13 Å². The third-order valence-electron chi connectivity index (χ3n) is 3.48. The summed E-state index contributed by atoms with van der Waals surface area (Å²) in [6.07, 6.45) is 4.96. The van der Waals surface area contributed by atoms with Crippen molar-refractivity contribution in [3.63, 3.8) is 0 Å². The maximum Gasteiger partial charge on any atom is 0.205 e. The second-order valence-electron chi connectivity index (χ2n) is 4.79. The van der Waals surface area contributed by atoms with Gasteiger partial charge >= 0.3 is 0 Å². The minimum Gasteiger partial charge on any atom is -0.347 e. The fourth-order valence-corrected chi connectivity index (χ4v) is 3.25. The van der Waals surface area contributed by atoms with Crippen molar-refractivity contribution < 1.29 is 0 Å². The van der Waals surface area contributed by atoms with Gasteiger partial charge in [-0.25, -0.2) is 4.98 Å². The van der Waals surface area contributed by atoms with Gasteiger partial charge in [0, 0.05) is 36.4 Å². The van der Waals surface area contributed by atoms with E-state index < -0.39 is 0 Å². The number of piperidine rings is 1. The van der Waals surface area contributed by atoms with E-state index in [4.69, 9.17) is 11.6 Å². The zero-order valence-corrected chi connectivity index (χ0v) is 10.8. The molecule has 0 amide bonds. The maximum atomic E-state index is 5.88. The molecule has 5 heteroatoms. The average Bonchev–Trinajstić information content (AvgIpc) is 3.08. The van der Waals surface area contributed by atoms with Crippen LogP contribution in [0, 0.1) is 5.92 Å². The van der Waals surface area contributed by atoms with Gasteiger partial charge in [-0.15, -0.1) is 11.6 Å². The zero-order valence-electron chi connectivity index (χ0n) is 9.23. The van der Waals surface area contributed by atoms with Crippen molar-refractivity contribution in [3.8, 4) is 0 Å². The molecule has 2 fully saturated rings. The second kappa shape index (κ2) is 4.49. The molecular formula is C11H16ClN3S. The highest BCUT2D eigenvalue weighted by molar-refractivity contribution is 7.09. The molecule has 1 aliphatic carbocycles. The van der Waals surface area contributed by atoms with Crippen LogP contribution in [0.25, 0.3) is 0 Å². The van der Waals surface area contributed by atoms with Crippen molar-refractivity contribution in [2.24, 2.45) is 5.92 Å². The predicted octanol–water partition coefficient (Wildman–Crippen LogP) is 2.87. The van der Waals surface area contributed by atoms with Crippen LogP contribution in [0.5, 0.6) is 0 Å². The van der Waals surface area contributed by atoms with E-state index in [0.717, 1.165) is 29.9 Å². The van der Waals surface area contributed by atoms with Gasteiger partial charge in [-0.05, 0) is 31.6 Å². The standard InChI is InChI=1S/C11H16ClN3S/c12-7-8-3-5-15(6-4-8)11-13-10(14-16-11)9-1-2-9/h8-9H,1-7H2. The number of aromatic nitrogens is 2. The molecule has 1 saturated carbocycles. The smallest absolute Gasteiger partial charge is 0.205 e. The zero-order chi connectivity index (χ0) is 11.0. The van der Waals surface area contributed by atoms with Crippen molar-refractivity contribution in [1.29, 1.82) is 0 Å². The van der Waals surface area contributed by atoms with Crippen LogP contribution in [0.3, 0.4) is 0 Å². The Hall–Kier alpha value is -0.350. The van der Waals surface area contributed by atoms with Gasteiger partial charge in [0.05, 0.1) is 0 Å². The molecule has 0 spiro atoms. The summed E-state index contributed by atoms with van der Waals surface area (Å²) in [6, 6.07) is 0. The summed E-state index contributed by atoms with van der Waals surface area (Å²) >= 11 is 7.45. The third-order valence-corrected chi connectivity index (χ3v) is 4.70. The number of halogens is 1. The molecular weight excluding hydrogens is 242 g/mol. The van der Waals surface area contributed by atoms with Crippen LogP contribution < -0.4 is 4.90 Å². The predicted molar refractivity (Wildman–Crippen MR) is 67.5 cm³/mol. The molecule has 0 unspecified atom stereocenters. The number of alkyl halides is 1. The summed E-state index contributed by atoms with van der Waals surface area (Å²) in [6.45, 7) is 2.19. The summed E-state index contributed by atoms with van der Waals surface area (Å²) in [4.78, 5) is 7.01. The lowest BCUT2D eigenvalue weighted by atomic mass is 9.99. The molecule has 2 heterocycles. The highest BCUT2D eigenvalue weighted by atomic mass is 35.5. The number of rotatable bonds is 3. The van der Waals surface area contributed by atoms with E-state index >= 15 is 0 Å². The number of nitrogens with zero attached hydrogens (tertiary/aromatic N) is 3. The molecule has 3 nitrogen and oxygen atoms in total. The fraction of sp³-hybridized carbons (Fsp3) is 0.818. The molecule has 2 aliphatic rings. The topological polar surface area (TPSA) is 29.0 Å². The van der Waals surface area contributed by atoms with E-state index in [2.05, 4.69) is 14.3 Å². The minimum atomic E-state index is 0.672. The Balaban J connectivity index is 1.63. The minimum absolute atomic E-state index is 0.672. The molecule has 1 aromatic heterocycles. The molecule has 0 N–H and O–H groups in total. The lowest BCUT2D eigenvalue weighted by Crippen LogP contribution is -2.34. The van der Waals surface area contributed by atoms with Gasteiger partial charge in [-0.1, -0.05) is 0 Å². The van der Waals surface area contributed by atoms with E-state index in [1.165, 1.54) is 25.7 Å². The van der Waals surface area contributed by atoms with E-state index in [-0.39, 0.29) is 0 Å². The summed E-state index contributed by atoms with van der Waals surface area (Å²) in [5, 5.41) is 1.12. The first kappa shape index (κ1) is 10.8. The highest BCUT2D eigenvalue weighted by Gasteiger charge is 2.29. The molecule has 16 heavy (non-hydrogen) atoms. The molecule has 0 atom stereocenters. The first-order valence-electron chi connectivity index (χ1n) is 6.01. The van der Waals surface area contributed by atoms with Crippen LogP contribution in [-0.4, -0.2) is 28.3 Å². The number of hydrogen-bond donors (Lipinski definition) is 0. The van der Waals surface area contributed by atoms with Crippen LogP contribution >= 0.6 is 23.1 Å². The molecule has 1 aromatic rings. The SMILES string of the molecule is ClCC1CCN(c2nc(C3CC3)ns2)CC1. The Bertz CT molecular complexity index is 356. The lowest BCUT2D eigenvalue weighted by molar-refractivity contribution is 0.442. The summed E-state index contributed by atoms with van der Waals surface area (Å²) in [5.74, 6) is 3.26. The molecule has 3 rings (SSSR count). The first-order valence-corrected chi connectivity index (χ1v) is 7.32. The van der Waals surface area contributed by atoms with Crippen LogP contribution in [0.1, 0.15) is 37.4 Å². The Morgan fingerprint density at radius 3 is 2.62 bits per heavy atom. The molecule has 0 aromatic carbocycles. The average molecular weight is 258 g/mol. The third kappa shape index (κ3) is 2.18. The normalized spacial score (nSPS) is 22.7. The summed E-state index contributed by atoms with van der Waals surface area (Å²) < 4.78 is 4.46. The Morgan fingerprint density at radius 2 is 2.00 bits per heavy atom. The molecule has 0 radical (unpaired) electrons. The van der Waals surface area contributed by atoms with Crippen molar-refractivity contribution in [2.45, 2.75) is 31.6 Å². The van der Waals surface area contributed by atoms with E-state index in [9.17, 15) is 0 Å². The van der Waals surface area contributed by atoms with E-state index in [0.29, 0.717) is 11.8 Å². The van der Waals surface area contributed by atoms with Crippen LogP contribution in [0.2, 0.25) is 0 Å². The second-order valence-corrected chi connectivity index (χ2v) is 5.83. The molecule has 88 valence electrons. The van der Waals surface area contributed by atoms with Gasteiger partial charge in [0.25, 0.3) is 0 Å². The van der Waals surface area contributed by atoms with Gasteiger partial charge < -0.3 is 4.90 Å². The fourth-order valence-electron chi connectivity index (χ4n) is 2.14.